The topological polar surface area (TPSA) is 46.5 Å². The Morgan fingerprint density at radius 3 is 2.76 bits per heavy atom. The molecule has 3 nitrogen and oxygen atoms in total. The Balaban J connectivity index is 2.69. The third-order valence-electron chi connectivity index (χ3n) is 2.55. The van der Waals surface area contributed by atoms with Crippen LogP contribution in [0.4, 0.5) is 0 Å². The quantitative estimate of drug-likeness (QED) is 0.792. The Hall–Kier alpha value is -1.16. The lowest BCUT2D eigenvalue weighted by Gasteiger charge is -2.10. The number of benzene rings is 1. The normalized spacial score (nSPS) is 12.2. The van der Waals surface area contributed by atoms with E-state index in [0.29, 0.717) is 5.75 Å². The van der Waals surface area contributed by atoms with Gasteiger partial charge in [-0.05, 0) is 30.2 Å². The van der Waals surface area contributed by atoms with E-state index in [9.17, 15) is 4.79 Å². The van der Waals surface area contributed by atoms with E-state index < -0.39 is 5.97 Å². The van der Waals surface area contributed by atoms with Gasteiger partial charge >= 0.3 is 5.97 Å². The van der Waals surface area contributed by atoms with Crippen molar-refractivity contribution in [3.63, 3.8) is 0 Å². The van der Waals surface area contributed by atoms with Crippen LogP contribution in [0.1, 0.15) is 19.4 Å². The van der Waals surface area contributed by atoms with Gasteiger partial charge in [-0.1, -0.05) is 13.8 Å². The molecule has 4 heteroatoms. The minimum Gasteiger partial charge on any atom is -0.496 e. The molecule has 0 spiro atoms. The number of methoxy groups -OCH3 is 1. The molecular weight excluding hydrogens is 236 g/mol. The number of ether oxygens (including phenoxy) is 1. The van der Waals surface area contributed by atoms with Crippen molar-refractivity contribution in [3.8, 4) is 5.75 Å². The van der Waals surface area contributed by atoms with Gasteiger partial charge in [0.25, 0.3) is 0 Å². The molecule has 0 aromatic heterocycles. The number of thioether (sulfide) groups is 1. The van der Waals surface area contributed by atoms with Crippen LogP contribution in [0.15, 0.2) is 23.1 Å². The summed E-state index contributed by atoms with van der Waals surface area (Å²) in [5.74, 6) is 0.405. The van der Waals surface area contributed by atoms with Crippen molar-refractivity contribution in [1.29, 1.82) is 0 Å². The fourth-order valence-electron chi connectivity index (χ4n) is 1.41. The Kier molecular flexibility index (Phi) is 5.35. The average Bonchev–Trinajstić information content (AvgIpc) is 2.35. The van der Waals surface area contributed by atoms with Crippen LogP contribution in [-0.4, -0.2) is 23.9 Å². The number of carboxylic acid groups (broad SMARTS) is 1. The lowest BCUT2D eigenvalue weighted by Crippen LogP contribution is -2.11. The first-order valence-electron chi connectivity index (χ1n) is 5.61. The first-order valence-corrected chi connectivity index (χ1v) is 6.59. The zero-order chi connectivity index (χ0) is 12.8. The first kappa shape index (κ1) is 13.9. The van der Waals surface area contributed by atoms with Crippen molar-refractivity contribution in [3.05, 3.63) is 23.8 Å². The van der Waals surface area contributed by atoms with Crippen molar-refractivity contribution in [1.82, 2.24) is 0 Å². The maximum atomic E-state index is 10.7. The Labute approximate surface area is 106 Å². The molecule has 0 aliphatic carbocycles. The molecule has 94 valence electrons. The maximum absolute atomic E-state index is 10.7. The van der Waals surface area contributed by atoms with Gasteiger partial charge in [0, 0.05) is 10.6 Å². The predicted octanol–water partition coefficient (Wildman–Crippen LogP) is 3.07. The highest BCUT2D eigenvalue weighted by molar-refractivity contribution is 7.99. The number of aliphatic carboxylic acids is 1. The molecule has 0 saturated carbocycles. The molecule has 1 atom stereocenters. The van der Waals surface area contributed by atoms with Gasteiger partial charge < -0.3 is 9.84 Å². The second kappa shape index (κ2) is 6.55. The third-order valence-corrected chi connectivity index (χ3v) is 3.81. The molecule has 0 radical (unpaired) electrons. The van der Waals surface area contributed by atoms with E-state index in [2.05, 4.69) is 13.0 Å². The summed E-state index contributed by atoms with van der Waals surface area (Å²) in [6.45, 7) is 3.80. The molecule has 0 aliphatic rings. The number of carbonyl (C=O) groups is 1. The molecule has 1 N–H and O–H groups in total. The standard InChI is InChI=1S/C13H18O3S/c1-4-10-7-11(5-6-12(10)16-3)17-8-9(2)13(14)15/h5-7,9H,4,8H2,1-3H3,(H,14,15). The van der Waals surface area contributed by atoms with Gasteiger partial charge in [-0.25, -0.2) is 0 Å². The fourth-order valence-corrected chi connectivity index (χ4v) is 2.39. The van der Waals surface area contributed by atoms with E-state index in [4.69, 9.17) is 9.84 Å². The van der Waals surface area contributed by atoms with Crippen LogP contribution in [0.5, 0.6) is 5.75 Å². The van der Waals surface area contributed by atoms with Crippen LogP contribution in [0.2, 0.25) is 0 Å². The number of rotatable bonds is 6. The van der Waals surface area contributed by atoms with Crippen molar-refractivity contribution in [2.75, 3.05) is 12.9 Å². The SMILES string of the molecule is CCc1cc(SCC(C)C(=O)O)ccc1OC. The lowest BCUT2D eigenvalue weighted by molar-refractivity contribution is -0.140. The van der Waals surface area contributed by atoms with Crippen LogP contribution in [0, 0.1) is 5.92 Å². The molecule has 0 amide bonds. The van der Waals surface area contributed by atoms with Crippen LogP contribution >= 0.6 is 11.8 Å². The van der Waals surface area contributed by atoms with Crippen molar-refractivity contribution >= 4 is 17.7 Å². The number of carboxylic acids is 1. The van der Waals surface area contributed by atoms with E-state index in [0.717, 1.165) is 22.6 Å². The highest BCUT2D eigenvalue weighted by Crippen LogP contribution is 2.27. The molecule has 1 unspecified atom stereocenters. The van der Waals surface area contributed by atoms with Crippen LogP contribution in [0.3, 0.4) is 0 Å². The molecule has 1 rings (SSSR count). The summed E-state index contributed by atoms with van der Waals surface area (Å²) in [4.78, 5) is 11.8. The van der Waals surface area contributed by atoms with Gasteiger partial charge in [0.1, 0.15) is 5.75 Å². The third kappa shape index (κ3) is 3.97. The monoisotopic (exact) mass is 254 g/mol. The summed E-state index contributed by atoms with van der Waals surface area (Å²) >= 11 is 1.57. The molecule has 0 aliphatic heterocycles. The predicted molar refractivity (Wildman–Crippen MR) is 69.9 cm³/mol. The Bertz CT molecular complexity index is 390. The number of hydrogen-bond donors (Lipinski definition) is 1. The molecule has 0 fully saturated rings. The number of hydrogen-bond acceptors (Lipinski definition) is 3. The Morgan fingerprint density at radius 1 is 1.53 bits per heavy atom. The largest absolute Gasteiger partial charge is 0.496 e. The minimum absolute atomic E-state index is 0.327. The fraction of sp³-hybridized carbons (Fsp3) is 0.462. The molecular formula is C13H18O3S. The zero-order valence-corrected chi connectivity index (χ0v) is 11.2. The summed E-state index contributed by atoms with van der Waals surface area (Å²) in [5, 5.41) is 8.81. The Morgan fingerprint density at radius 2 is 2.24 bits per heavy atom. The molecule has 0 heterocycles. The summed E-state index contributed by atoms with van der Waals surface area (Å²) < 4.78 is 5.25. The number of aryl methyl sites for hydroxylation is 1. The van der Waals surface area contributed by atoms with Crippen molar-refractivity contribution in [2.45, 2.75) is 25.2 Å². The van der Waals surface area contributed by atoms with E-state index in [1.807, 2.05) is 12.1 Å². The van der Waals surface area contributed by atoms with Gasteiger partial charge in [0.2, 0.25) is 0 Å². The van der Waals surface area contributed by atoms with Gasteiger partial charge in [-0.2, -0.15) is 0 Å². The van der Waals surface area contributed by atoms with E-state index >= 15 is 0 Å². The van der Waals surface area contributed by atoms with Crippen LogP contribution in [0.25, 0.3) is 0 Å². The van der Waals surface area contributed by atoms with Gasteiger partial charge in [0.05, 0.1) is 13.0 Å². The van der Waals surface area contributed by atoms with Gasteiger partial charge in [-0.3, -0.25) is 4.79 Å². The smallest absolute Gasteiger partial charge is 0.307 e. The zero-order valence-electron chi connectivity index (χ0n) is 10.4. The highest BCUT2D eigenvalue weighted by Gasteiger charge is 2.11. The summed E-state index contributed by atoms with van der Waals surface area (Å²) in [6.07, 6.45) is 0.909. The molecule has 1 aromatic carbocycles. The summed E-state index contributed by atoms with van der Waals surface area (Å²) in [7, 11) is 1.66. The van der Waals surface area contributed by atoms with E-state index in [1.165, 1.54) is 0 Å². The molecule has 0 bridgehead atoms. The van der Waals surface area contributed by atoms with Gasteiger partial charge in [-0.15, -0.1) is 11.8 Å². The highest BCUT2D eigenvalue weighted by atomic mass is 32.2. The van der Waals surface area contributed by atoms with Crippen molar-refractivity contribution < 1.29 is 14.6 Å². The lowest BCUT2D eigenvalue weighted by atomic mass is 10.1. The summed E-state index contributed by atoms with van der Waals surface area (Å²) in [6, 6.07) is 5.97. The average molecular weight is 254 g/mol. The van der Waals surface area contributed by atoms with Gasteiger partial charge in [0.15, 0.2) is 0 Å². The van der Waals surface area contributed by atoms with Crippen LogP contribution < -0.4 is 4.74 Å². The summed E-state index contributed by atoms with van der Waals surface area (Å²) in [5.41, 5.74) is 1.15. The van der Waals surface area contributed by atoms with E-state index in [-0.39, 0.29) is 5.92 Å². The van der Waals surface area contributed by atoms with Crippen molar-refractivity contribution in [2.24, 2.45) is 5.92 Å². The first-order chi connectivity index (χ1) is 8.08. The van der Waals surface area contributed by atoms with E-state index in [1.54, 1.807) is 25.8 Å². The molecule has 17 heavy (non-hydrogen) atoms. The molecule has 1 aromatic rings. The maximum Gasteiger partial charge on any atom is 0.307 e. The molecule has 0 saturated heterocycles. The van der Waals surface area contributed by atoms with Crippen LogP contribution in [-0.2, 0) is 11.2 Å². The minimum atomic E-state index is -0.748. The second-order valence-electron chi connectivity index (χ2n) is 3.88. The second-order valence-corrected chi connectivity index (χ2v) is 4.97.